The number of sulfone groups is 1. The molecule has 1 amide bonds. The van der Waals surface area contributed by atoms with Crippen LogP contribution in [-0.2, 0) is 14.6 Å². The van der Waals surface area contributed by atoms with E-state index in [2.05, 4.69) is 10.6 Å². The maximum absolute atomic E-state index is 11.4. The molecule has 1 aliphatic rings. The molecule has 76 valence electrons. The molecule has 0 spiro atoms. The lowest BCUT2D eigenvalue weighted by atomic mass is 10.4. The Hall–Kier alpha value is -0.620. The van der Waals surface area contributed by atoms with Gasteiger partial charge < -0.3 is 10.6 Å². The first-order valence-electron chi connectivity index (χ1n) is 4.19. The van der Waals surface area contributed by atoms with Gasteiger partial charge in [-0.3, -0.25) is 4.79 Å². The minimum Gasteiger partial charge on any atom is -0.355 e. The second-order valence-corrected chi connectivity index (χ2v) is 5.53. The number of nitrogens with one attached hydrogen (secondary N) is 2. The Kier molecular flexibility index (Phi) is 3.27. The molecule has 0 aromatic rings. The van der Waals surface area contributed by atoms with Crippen LogP contribution in [0.5, 0.6) is 0 Å². The zero-order chi connectivity index (χ0) is 9.90. The average molecular weight is 206 g/mol. The maximum Gasteiger partial charge on any atom is 0.216 e. The van der Waals surface area contributed by atoms with Crippen molar-refractivity contribution in [2.45, 2.75) is 12.2 Å². The zero-order valence-electron chi connectivity index (χ0n) is 7.54. The van der Waals surface area contributed by atoms with Crippen molar-refractivity contribution in [1.29, 1.82) is 0 Å². The van der Waals surface area contributed by atoms with Gasteiger partial charge in [-0.05, 0) is 0 Å². The monoisotopic (exact) mass is 206 g/mol. The van der Waals surface area contributed by atoms with Gasteiger partial charge in [0.2, 0.25) is 5.91 Å². The average Bonchev–Trinajstić information content (AvgIpc) is 2.01. The predicted molar refractivity (Wildman–Crippen MR) is 49.1 cm³/mol. The molecule has 0 aliphatic carbocycles. The molecule has 1 rings (SSSR count). The summed E-state index contributed by atoms with van der Waals surface area (Å²) in [7, 11) is -3.00. The van der Waals surface area contributed by atoms with Crippen LogP contribution in [0.2, 0.25) is 0 Å². The third-order valence-electron chi connectivity index (χ3n) is 2.02. The number of hydrogen-bond donors (Lipinski definition) is 2. The summed E-state index contributed by atoms with van der Waals surface area (Å²) in [4.78, 5) is 10.6. The van der Waals surface area contributed by atoms with Crippen molar-refractivity contribution >= 4 is 15.7 Å². The normalized spacial score (nSPS) is 26.7. The molecule has 2 N–H and O–H groups in total. The van der Waals surface area contributed by atoms with Crippen molar-refractivity contribution in [2.24, 2.45) is 0 Å². The van der Waals surface area contributed by atoms with E-state index in [1.807, 2.05) is 0 Å². The van der Waals surface area contributed by atoms with Gasteiger partial charge in [0.05, 0.1) is 11.0 Å². The van der Waals surface area contributed by atoms with E-state index in [9.17, 15) is 13.2 Å². The third kappa shape index (κ3) is 2.96. The molecule has 0 saturated carbocycles. The van der Waals surface area contributed by atoms with Crippen molar-refractivity contribution in [3.8, 4) is 0 Å². The van der Waals surface area contributed by atoms with Crippen LogP contribution < -0.4 is 10.6 Å². The first-order valence-corrected chi connectivity index (χ1v) is 5.90. The molecule has 1 fully saturated rings. The Morgan fingerprint density at radius 2 is 2.31 bits per heavy atom. The molecule has 0 bridgehead atoms. The fourth-order valence-corrected chi connectivity index (χ4v) is 2.70. The highest BCUT2D eigenvalue weighted by atomic mass is 32.2. The van der Waals surface area contributed by atoms with E-state index < -0.39 is 15.1 Å². The highest BCUT2D eigenvalue weighted by molar-refractivity contribution is 7.92. The van der Waals surface area contributed by atoms with Gasteiger partial charge in [0.1, 0.15) is 0 Å². The SMILES string of the molecule is CC(=O)NCC1CNCCS1(=O)=O. The van der Waals surface area contributed by atoms with Crippen LogP contribution in [0, 0.1) is 0 Å². The van der Waals surface area contributed by atoms with Crippen molar-refractivity contribution < 1.29 is 13.2 Å². The molecule has 6 heteroatoms. The van der Waals surface area contributed by atoms with Crippen LogP contribution in [0.1, 0.15) is 6.92 Å². The fourth-order valence-electron chi connectivity index (χ4n) is 1.23. The van der Waals surface area contributed by atoms with E-state index in [0.29, 0.717) is 13.1 Å². The van der Waals surface area contributed by atoms with Gasteiger partial charge in [-0.15, -0.1) is 0 Å². The summed E-state index contributed by atoms with van der Waals surface area (Å²) in [6.07, 6.45) is 0. The Labute approximate surface area is 77.8 Å². The summed E-state index contributed by atoms with van der Waals surface area (Å²) in [6, 6.07) is 0. The van der Waals surface area contributed by atoms with Crippen LogP contribution in [0.3, 0.4) is 0 Å². The number of rotatable bonds is 2. The summed E-state index contributed by atoms with van der Waals surface area (Å²) < 4.78 is 22.8. The fraction of sp³-hybridized carbons (Fsp3) is 0.857. The summed E-state index contributed by atoms with van der Waals surface area (Å²) >= 11 is 0. The largest absolute Gasteiger partial charge is 0.355 e. The number of amides is 1. The minimum atomic E-state index is -3.00. The predicted octanol–water partition coefficient (Wildman–Crippen LogP) is -1.49. The number of carbonyl (C=O) groups is 1. The van der Waals surface area contributed by atoms with Gasteiger partial charge in [-0.25, -0.2) is 8.42 Å². The Morgan fingerprint density at radius 1 is 1.62 bits per heavy atom. The van der Waals surface area contributed by atoms with Gasteiger partial charge in [0.15, 0.2) is 9.84 Å². The molecule has 0 radical (unpaired) electrons. The molecule has 0 aromatic carbocycles. The molecule has 13 heavy (non-hydrogen) atoms. The van der Waals surface area contributed by atoms with Crippen molar-refractivity contribution in [3.05, 3.63) is 0 Å². The highest BCUT2D eigenvalue weighted by Gasteiger charge is 2.28. The second-order valence-electron chi connectivity index (χ2n) is 3.13. The van der Waals surface area contributed by atoms with E-state index in [0.717, 1.165) is 0 Å². The lowest BCUT2D eigenvalue weighted by Gasteiger charge is -2.23. The standard InChI is InChI=1S/C7H14N2O3S/c1-6(10)9-5-7-4-8-2-3-13(7,11)12/h7-8H,2-5H2,1H3,(H,9,10). The summed E-state index contributed by atoms with van der Waals surface area (Å²) in [5.41, 5.74) is 0. The van der Waals surface area contributed by atoms with Crippen LogP contribution in [0.25, 0.3) is 0 Å². The van der Waals surface area contributed by atoms with E-state index in [1.165, 1.54) is 6.92 Å². The first kappa shape index (κ1) is 10.5. The molecule has 1 heterocycles. The molecule has 1 atom stereocenters. The zero-order valence-corrected chi connectivity index (χ0v) is 8.36. The van der Waals surface area contributed by atoms with E-state index in [-0.39, 0.29) is 18.2 Å². The van der Waals surface area contributed by atoms with Crippen molar-refractivity contribution in [3.63, 3.8) is 0 Å². The third-order valence-corrected chi connectivity index (χ3v) is 4.14. The van der Waals surface area contributed by atoms with Crippen LogP contribution in [-0.4, -0.2) is 45.0 Å². The summed E-state index contributed by atoms with van der Waals surface area (Å²) in [5.74, 6) is -0.0298. The first-order chi connectivity index (χ1) is 6.02. The molecular weight excluding hydrogens is 192 g/mol. The van der Waals surface area contributed by atoms with E-state index >= 15 is 0 Å². The smallest absolute Gasteiger partial charge is 0.216 e. The van der Waals surface area contributed by atoms with Crippen LogP contribution >= 0.6 is 0 Å². The molecule has 5 nitrogen and oxygen atoms in total. The topological polar surface area (TPSA) is 75.3 Å². The lowest BCUT2D eigenvalue weighted by molar-refractivity contribution is -0.118. The molecular formula is C7H14N2O3S. The van der Waals surface area contributed by atoms with Crippen molar-refractivity contribution in [1.82, 2.24) is 10.6 Å². The van der Waals surface area contributed by atoms with E-state index in [1.54, 1.807) is 0 Å². The van der Waals surface area contributed by atoms with E-state index in [4.69, 9.17) is 0 Å². The lowest BCUT2D eigenvalue weighted by Crippen LogP contribution is -2.49. The maximum atomic E-state index is 11.4. The van der Waals surface area contributed by atoms with Crippen molar-refractivity contribution in [2.75, 3.05) is 25.4 Å². The molecule has 1 aliphatic heterocycles. The minimum absolute atomic E-state index is 0.164. The Balaban J connectivity index is 2.52. The quantitative estimate of drug-likeness (QED) is 0.577. The Morgan fingerprint density at radius 3 is 2.85 bits per heavy atom. The molecule has 0 aromatic heterocycles. The van der Waals surface area contributed by atoms with Crippen LogP contribution in [0.15, 0.2) is 0 Å². The van der Waals surface area contributed by atoms with Gasteiger partial charge in [0.25, 0.3) is 0 Å². The van der Waals surface area contributed by atoms with Gasteiger partial charge in [0, 0.05) is 26.6 Å². The van der Waals surface area contributed by atoms with Crippen LogP contribution in [0.4, 0.5) is 0 Å². The number of carbonyl (C=O) groups excluding carboxylic acids is 1. The second kappa shape index (κ2) is 4.06. The van der Waals surface area contributed by atoms with Gasteiger partial charge in [-0.2, -0.15) is 0 Å². The molecule has 1 saturated heterocycles. The Bertz CT molecular complexity index is 286. The number of hydrogen-bond acceptors (Lipinski definition) is 4. The summed E-state index contributed by atoms with van der Waals surface area (Å²) in [6.45, 7) is 2.54. The molecule has 1 unspecified atom stereocenters. The summed E-state index contributed by atoms with van der Waals surface area (Å²) in [5, 5.41) is 5.03. The van der Waals surface area contributed by atoms with Gasteiger partial charge in [-0.1, -0.05) is 0 Å². The highest BCUT2D eigenvalue weighted by Crippen LogP contribution is 2.04. The van der Waals surface area contributed by atoms with Gasteiger partial charge >= 0.3 is 0 Å².